The third-order valence-corrected chi connectivity index (χ3v) is 14.9. The minimum atomic E-state index is 0.424. The molecule has 0 bridgehead atoms. The lowest BCUT2D eigenvalue weighted by molar-refractivity contribution is 0.399. The number of ether oxygens (including phenoxy) is 3. The van der Waals surface area contributed by atoms with Gasteiger partial charge in [0.2, 0.25) is 11.8 Å². The van der Waals surface area contributed by atoms with Gasteiger partial charge >= 0.3 is 0 Å². The largest absolute Gasteiger partial charge is 0.497 e. The number of pyridine rings is 8. The Kier molecular flexibility index (Phi) is 20.2. The fourth-order valence-electron chi connectivity index (χ4n) is 8.73. The van der Waals surface area contributed by atoms with Crippen molar-refractivity contribution < 1.29 is 14.2 Å². The van der Waals surface area contributed by atoms with E-state index in [2.05, 4.69) is 114 Å². The van der Waals surface area contributed by atoms with Crippen molar-refractivity contribution in [2.75, 3.05) is 21.3 Å². The predicted molar refractivity (Wildman–Crippen MR) is 341 cm³/mol. The fourth-order valence-corrected chi connectivity index (χ4v) is 8.73. The molecule has 14 nitrogen and oxygen atoms in total. The molecule has 8 aromatic heterocycles. The van der Waals surface area contributed by atoms with Crippen molar-refractivity contribution in [1.29, 1.82) is 0 Å². The van der Waals surface area contributed by atoms with Crippen LogP contribution in [0.25, 0.3) is 80.2 Å². The molecule has 12 rings (SSSR count). The molecule has 0 aliphatic rings. The van der Waals surface area contributed by atoms with Crippen LogP contribution in [0.1, 0.15) is 66.8 Å². The predicted octanol–water partition coefficient (Wildman–Crippen LogP) is 17.6. The zero-order valence-electron chi connectivity index (χ0n) is 50.3. The Balaban J connectivity index is 0.000000145. The van der Waals surface area contributed by atoms with Gasteiger partial charge in [0.15, 0.2) is 16.7 Å². The highest BCUT2D eigenvalue weighted by Gasteiger charge is 2.10. The molecule has 4 aromatic carbocycles. The molecule has 0 atom stereocenters. The van der Waals surface area contributed by atoms with Crippen LogP contribution in [0, 0.1) is 103 Å². The molecule has 0 unspecified atom stereocenters. The molecule has 0 spiro atoms. The van der Waals surface area contributed by atoms with Gasteiger partial charge in [0.1, 0.15) is 11.3 Å². The van der Waals surface area contributed by atoms with Crippen LogP contribution in [0.3, 0.4) is 0 Å². The standard InChI is InChI=1S/2C12H10N2.2C12H13NO.C11H9N3.C11H12N2O/c1-8-7-14-12-5-4-10(13-3)6-11(12)9(8)2;1-8-4-5-10-6-7-11(13-3)14-12(10)9(8)2;1-8-7-13-12-5-4-10(14-3)6-11(12)9(8)2;1-8-4-5-10-6-7-11(14-3)13-12(10)9(8)2;1-7-6-13-9-4-5-10(12-3)14-11(9)8(7)2;1-7-6-12-9-4-5-10(14-3)13-11(9)8(7)2/h2*4-7H,1-2H3;2*4-7H,1-3H3;4-6H,1-2H3;4-6H,1-3H3. The van der Waals surface area contributed by atoms with Crippen molar-refractivity contribution in [3.63, 3.8) is 0 Å². The third-order valence-electron chi connectivity index (χ3n) is 14.9. The van der Waals surface area contributed by atoms with Crippen LogP contribution < -0.4 is 14.2 Å². The van der Waals surface area contributed by atoms with Gasteiger partial charge in [-0.2, -0.15) is 0 Å². The lowest BCUT2D eigenvalue weighted by atomic mass is 10.1. The van der Waals surface area contributed by atoms with E-state index in [1.807, 2.05) is 139 Å². The number of hydrogen-bond acceptors (Lipinski definition) is 11. The van der Waals surface area contributed by atoms with Gasteiger partial charge in [-0.1, -0.05) is 49.5 Å². The molecule has 0 aliphatic heterocycles. The number of hydrogen-bond donors (Lipinski definition) is 0. The van der Waals surface area contributed by atoms with Crippen molar-refractivity contribution in [1.82, 2.24) is 39.9 Å². The molecule has 12 aromatic rings. The van der Waals surface area contributed by atoms with Crippen molar-refractivity contribution in [3.05, 3.63) is 235 Å². The highest BCUT2D eigenvalue weighted by Crippen LogP contribution is 2.28. The van der Waals surface area contributed by atoms with E-state index in [0.717, 1.165) is 93.9 Å². The first-order chi connectivity index (χ1) is 40.3. The lowest BCUT2D eigenvalue weighted by Crippen LogP contribution is -1.93. The zero-order chi connectivity index (χ0) is 60.8. The van der Waals surface area contributed by atoms with E-state index < -0.39 is 0 Å². The number of rotatable bonds is 3. The number of aromatic nitrogens is 8. The summed E-state index contributed by atoms with van der Waals surface area (Å²) in [4.78, 5) is 44.6. The Labute approximate surface area is 491 Å². The maximum atomic E-state index is 6.95. The first-order valence-electron chi connectivity index (χ1n) is 27.0. The average Bonchev–Trinajstić information content (AvgIpc) is 3.65. The zero-order valence-corrected chi connectivity index (χ0v) is 50.3. The highest BCUT2D eigenvalue weighted by atomic mass is 16.5. The Morgan fingerprint density at radius 2 is 0.690 bits per heavy atom. The monoisotopic (exact) mass is 1110 g/mol. The molecule has 0 saturated carbocycles. The van der Waals surface area contributed by atoms with Crippen LogP contribution in [-0.4, -0.2) is 61.2 Å². The second-order valence-corrected chi connectivity index (χ2v) is 20.1. The van der Waals surface area contributed by atoms with E-state index in [4.69, 9.17) is 33.9 Å². The summed E-state index contributed by atoms with van der Waals surface area (Å²) in [7, 11) is 4.94. The molecule has 0 N–H and O–H groups in total. The number of benzene rings is 4. The molecule has 8 heterocycles. The summed E-state index contributed by atoms with van der Waals surface area (Å²) in [5.74, 6) is 3.08. The van der Waals surface area contributed by atoms with Crippen LogP contribution in [0.15, 0.2) is 134 Å². The second-order valence-electron chi connectivity index (χ2n) is 20.1. The Morgan fingerprint density at radius 3 is 1.19 bits per heavy atom. The van der Waals surface area contributed by atoms with E-state index in [1.165, 1.54) is 44.3 Å². The van der Waals surface area contributed by atoms with E-state index in [0.29, 0.717) is 29.1 Å². The molecule has 0 saturated heterocycles. The van der Waals surface area contributed by atoms with E-state index in [9.17, 15) is 0 Å². The summed E-state index contributed by atoms with van der Waals surface area (Å²) in [5, 5.41) is 4.51. The number of aryl methyl sites for hydroxylation is 12. The van der Waals surface area contributed by atoms with Crippen molar-refractivity contribution in [2.24, 2.45) is 0 Å². The SMILES string of the molecule is COc1ccc2ccc(C)c(C)c2n1.COc1ccc2ncc(C)c(C)c2c1.COc1ccc2ncc(C)c(C)c2n1.[C-]#[N+]c1ccc2ccc(C)c(C)c2n1.[C-]#[N+]c1ccc2ncc(C)c(C)c2c1.[C-]#[N+]c1ccc2ncc(C)c(C)c2n1. The smallest absolute Gasteiger partial charge is 0.270 e. The van der Waals surface area contributed by atoms with Gasteiger partial charge in [-0.05, 0) is 205 Å². The summed E-state index contributed by atoms with van der Waals surface area (Å²) in [6.07, 6.45) is 7.47. The molecule has 0 aliphatic carbocycles. The van der Waals surface area contributed by atoms with Gasteiger partial charge in [0, 0.05) is 64.2 Å². The van der Waals surface area contributed by atoms with Crippen LogP contribution in [0.5, 0.6) is 17.5 Å². The average molecular weight is 1110 g/mol. The van der Waals surface area contributed by atoms with Gasteiger partial charge < -0.3 is 23.9 Å². The van der Waals surface area contributed by atoms with Crippen molar-refractivity contribution >= 4 is 83.0 Å². The summed E-state index contributed by atoms with van der Waals surface area (Å²) in [6.45, 7) is 45.4. The summed E-state index contributed by atoms with van der Waals surface area (Å²) < 4.78 is 15.4. The normalized spacial score (nSPS) is 10.3. The highest BCUT2D eigenvalue weighted by molar-refractivity contribution is 5.88. The van der Waals surface area contributed by atoms with Gasteiger partial charge in [-0.15, -0.1) is 9.97 Å². The van der Waals surface area contributed by atoms with E-state index >= 15 is 0 Å². The minimum Gasteiger partial charge on any atom is -0.497 e. The first kappa shape index (κ1) is 61.1. The number of nitrogens with zero attached hydrogens (tertiary/aromatic N) is 11. The maximum Gasteiger partial charge on any atom is 0.270 e. The van der Waals surface area contributed by atoms with E-state index in [-0.39, 0.29) is 0 Å². The lowest BCUT2D eigenvalue weighted by Gasteiger charge is -2.06. The third kappa shape index (κ3) is 14.3. The molecule has 84 heavy (non-hydrogen) atoms. The molecule has 0 radical (unpaired) electrons. The van der Waals surface area contributed by atoms with Crippen molar-refractivity contribution in [3.8, 4) is 17.5 Å². The van der Waals surface area contributed by atoms with Gasteiger partial charge in [0.25, 0.3) is 11.6 Å². The maximum absolute atomic E-state index is 6.95. The molecule has 14 heteroatoms. The molecular weight excluding hydrogens is 1040 g/mol. The van der Waals surface area contributed by atoms with Crippen LogP contribution in [-0.2, 0) is 0 Å². The summed E-state index contributed by atoms with van der Waals surface area (Å²) in [5.41, 5.74) is 22.4. The second kappa shape index (κ2) is 27.8. The number of methoxy groups -OCH3 is 3. The Hall–Kier alpha value is -10.5. The van der Waals surface area contributed by atoms with Crippen LogP contribution >= 0.6 is 0 Å². The fraction of sp³-hybridized carbons (Fsp3) is 0.214. The quantitative estimate of drug-likeness (QED) is 0.156. The van der Waals surface area contributed by atoms with Crippen LogP contribution in [0.4, 0.5) is 17.3 Å². The van der Waals surface area contributed by atoms with Crippen LogP contribution in [0.2, 0.25) is 0 Å². The molecule has 420 valence electrons. The molecular formula is C70H67N11O3. The Morgan fingerprint density at radius 1 is 0.321 bits per heavy atom. The van der Waals surface area contributed by atoms with E-state index in [1.54, 1.807) is 39.5 Å². The minimum absolute atomic E-state index is 0.424. The van der Waals surface area contributed by atoms with Crippen molar-refractivity contribution in [2.45, 2.75) is 83.1 Å². The summed E-state index contributed by atoms with van der Waals surface area (Å²) >= 11 is 0. The summed E-state index contributed by atoms with van der Waals surface area (Å²) in [6, 6.07) is 34.8. The van der Waals surface area contributed by atoms with Gasteiger partial charge in [0.05, 0.1) is 55.5 Å². The Bertz CT molecular complexity index is 4080. The number of fused-ring (bicyclic) bond motifs is 6. The van der Waals surface area contributed by atoms with Gasteiger partial charge in [-0.25, -0.2) is 14.8 Å². The first-order valence-corrected chi connectivity index (χ1v) is 27.0. The molecule has 0 amide bonds. The van der Waals surface area contributed by atoms with Gasteiger partial charge in [-0.3, -0.25) is 19.9 Å². The topological polar surface area (TPSA) is 144 Å². The molecule has 0 fully saturated rings.